The highest BCUT2D eigenvalue weighted by Gasteiger charge is 2.39. The van der Waals surface area contributed by atoms with E-state index in [0.29, 0.717) is 6.42 Å². The lowest BCUT2D eigenvalue weighted by Crippen LogP contribution is -2.44. The van der Waals surface area contributed by atoms with Gasteiger partial charge in [-0.2, -0.15) is 0 Å². The van der Waals surface area contributed by atoms with Gasteiger partial charge in [0.2, 0.25) is 11.8 Å². The largest absolute Gasteiger partial charge is 0.340 e. The van der Waals surface area contributed by atoms with Gasteiger partial charge in [0.05, 0.1) is 42.3 Å². The summed E-state index contributed by atoms with van der Waals surface area (Å²) < 4.78 is 0. The highest BCUT2D eigenvalue weighted by molar-refractivity contribution is 5.84. The minimum absolute atomic E-state index is 0.0490. The van der Waals surface area contributed by atoms with E-state index < -0.39 is 0 Å². The number of likely N-dealkylation sites (tertiary alicyclic amines) is 3. The maximum absolute atomic E-state index is 14.4. The molecule has 0 radical (unpaired) electrons. The molecule has 2 N–H and O–H groups in total. The number of nitrogens with zero attached hydrogens (tertiary/aromatic N) is 6. The van der Waals surface area contributed by atoms with Gasteiger partial charge in [-0.1, -0.05) is 110 Å². The number of imidazole rings is 2. The smallest absolute Gasteiger partial charge is 0.245 e. The molecule has 4 aromatic carbocycles. The fraction of sp³-hybridized carbons (Fsp3) is 0.360. The van der Waals surface area contributed by atoms with Crippen LogP contribution in [0.4, 0.5) is 0 Å². The molecule has 3 atom stereocenters. The van der Waals surface area contributed by atoms with Gasteiger partial charge in [-0.15, -0.1) is 0 Å². The van der Waals surface area contributed by atoms with Gasteiger partial charge in [0.1, 0.15) is 17.7 Å². The van der Waals surface area contributed by atoms with E-state index in [1.165, 1.54) is 12.0 Å². The van der Waals surface area contributed by atoms with Crippen molar-refractivity contribution in [1.29, 1.82) is 0 Å². The highest BCUT2D eigenvalue weighted by Crippen LogP contribution is 2.37. The van der Waals surface area contributed by atoms with Crippen LogP contribution in [0, 0.1) is 0 Å². The molecular formula is C50H56N8O2. The molecule has 5 heterocycles. The van der Waals surface area contributed by atoms with Gasteiger partial charge in [0.15, 0.2) is 0 Å². The van der Waals surface area contributed by atoms with Crippen molar-refractivity contribution in [3.8, 4) is 33.6 Å². The van der Waals surface area contributed by atoms with Gasteiger partial charge >= 0.3 is 0 Å². The van der Waals surface area contributed by atoms with Crippen LogP contribution in [0.15, 0.2) is 116 Å². The molecule has 0 saturated carbocycles. The number of carbonyl (C=O) groups is 2. The van der Waals surface area contributed by atoms with E-state index in [9.17, 15) is 9.59 Å². The fourth-order valence-electron chi connectivity index (χ4n) is 9.62. The number of aromatic amines is 2. The Balaban J connectivity index is 0.847. The molecule has 10 nitrogen and oxygen atoms in total. The molecule has 3 fully saturated rings. The summed E-state index contributed by atoms with van der Waals surface area (Å²) in [5, 5.41) is 0. The van der Waals surface area contributed by atoms with Crippen LogP contribution in [0.25, 0.3) is 33.6 Å². The average Bonchev–Trinajstić information content (AvgIpc) is 4.13. The molecule has 0 spiro atoms. The highest BCUT2D eigenvalue weighted by atomic mass is 16.2. The lowest BCUT2D eigenvalue weighted by molar-refractivity contribution is -0.139. The first-order valence-corrected chi connectivity index (χ1v) is 21.8. The second kappa shape index (κ2) is 17.8. The van der Waals surface area contributed by atoms with Crippen molar-refractivity contribution in [2.24, 2.45) is 0 Å². The molecule has 0 aliphatic carbocycles. The summed E-state index contributed by atoms with van der Waals surface area (Å²) in [6.07, 6.45) is 11.4. The zero-order chi connectivity index (χ0) is 41.0. The third-order valence-corrected chi connectivity index (χ3v) is 12.7. The van der Waals surface area contributed by atoms with Crippen LogP contribution in [0.1, 0.15) is 91.4 Å². The molecule has 2 amide bonds. The second-order valence-electron chi connectivity index (χ2n) is 17.0. The van der Waals surface area contributed by atoms with Gasteiger partial charge < -0.3 is 24.7 Å². The summed E-state index contributed by atoms with van der Waals surface area (Å²) >= 11 is 0. The number of benzene rings is 4. The number of amides is 2. The van der Waals surface area contributed by atoms with Gasteiger partial charge in [-0.3, -0.25) is 14.5 Å². The Morgan fingerprint density at radius 1 is 0.617 bits per heavy atom. The molecule has 9 rings (SSSR count). The van der Waals surface area contributed by atoms with Crippen molar-refractivity contribution in [2.75, 3.05) is 40.3 Å². The van der Waals surface area contributed by atoms with E-state index in [2.05, 4.69) is 112 Å². The van der Waals surface area contributed by atoms with Crippen molar-refractivity contribution in [2.45, 2.75) is 76.0 Å². The number of nitrogens with one attached hydrogen (secondary N) is 2. The number of aromatic nitrogens is 4. The SMILES string of the molecule is CN(C)Cc1ccccc1CC(=O)N1CCC[C@H]1c1ncc(-c2ccc(-c3ccc(-c4cnc([C@@H]5CCCN5C(=O)[C@@H](c5ccccc5)N5CCCCC5)[nH]4)cc3)cc2)[nH]1. The van der Waals surface area contributed by atoms with Crippen molar-refractivity contribution in [1.82, 2.24) is 39.5 Å². The number of hydrogen-bond acceptors (Lipinski definition) is 6. The van der Waals surface area contributed by atoms with E-state index in [0.717, 1.165) is 128 Å². The van der Waals surface area contributed by atoms with Gasteiger partial charge in [0.25, 0.3) is 0 Å². The van der Waals surface area contributed by atoms with Crippen LogP contribution in [0.3, 0.4) is 0 Å². The summed E-state index contributed by atoms with van der Waals surface area (Å²) in [5.41, 5.74) is 9.62. The average molecular weight is 801 g/mol. The maximum atomic E-state index is 14.4. The van der Waals surface area contributed by atoms with E-state index in [-0.39, 0.29) is 29.9 Å². The van der Waals surface area contributed by atoms with Crippen LogP contribution in [-0.2, 0) is 22.6 Å². The summed E-state index contributed by atoms with van der Waals surface area (Å²) in [4.78, 5) is 53.4. The number of H-pyrrole nitrogens is 2. The van der Waals surface area contributed by atoms with Crippen molar-refractivity contribution < 1.29 is 9.59 Å². The molecule has 3 aliphatic rings. The molecule has 0 bridgehead atoms. The molecule has 10 heteroatoms. The number of piperidine rings is 1. The monoisotopic (exact) mass is 800 g/mol. The van der Waals surface area contributed by atoms with Crippen molar-refractivity contribution >= 4 is 11.8 Å². The lowest BCUT2D eigenvalue weighted by atomic mass is 10.00. The minimum atomic E-state index is -0.257. The first-order chi connectivity index (χ1) is 29.4. The lowest BCUT2D eigenvalue weighted by Gasteiger charge is -2.37. The van der Waals surface area contributed by atoms with Crippen LogP contribution in [-0.4, -0.2) is 91.6 Å². The molecule has 2 aromatic heterocycles. The summed E-state index contributed by atoms with van der Waals surface area (Å²) in [6, 6.07) is 35.3. The van der Waals surface area contributed by atoms with Crippen LogP contribution < -0.4 is 0 Å². The molecule has 3 saturated heterocycles. The standard InChI is InChI=1S/C50H56N8O2/c1-55(2)34-41-16-8-7-15-40(41)31-46(59)57-29-11-17-44(57)48-51-32-42(53-48)37-23-19-35(20-24-37)36-21-25-38(26-22-36)43-33-52-49(54-43)45-18-12-30-58(45)50(60)47(39-13-5-3-6-14-39)56-27-9-4-10-28-56/h3,5-8,13-16,19-26,32-33,44-45,47H,4,9-12,17-18,27-31,34H2,1-2H3,(H,51,53)(H,52,54)/t44-,45-,47+/m0/s1. The summed E-state index contributed by atoms with van der Waals surface area (Å²) in [7, 11) is 4.11. The van der Waals surface area contributed by atoms with Crippen LogP contribution in [0.5, 0.6) is 0 Å². The number of rotatable bonds is 12. The van der Waals surface area contributed by atoms with E-state index in [1.807, 2.05) is 47.6 Å². The predicted octanol–water partition coefficient (Wildman–Crippen LogP) is 8.99. The molecule has 0 unspecified atom stereocenters. The first kappa shape index (κ1) is 39.6. The number of hydrogen-bond donors (Lipinski definition) is 2. The topological polar surface area (TPSA) is 104 Å². The zero-order valence-corrected chi connectivity index (χ0v) is 34.9. The molecule has 308 valence electrons. The molecule has 3 aliphatic heterocycles. The van der Waals surface area contributed by atoms with Crippen LogP contribution in [0.2, 0.25) is 0 Å². The first-order valence-electron chi connectivity index (χ1n) is 21.8. The molecule has 6 aromatic rings. The third-order valence-electron chi connectivity index (χ3n) is 12.7. The summed E-state index contributed by atoms with van der Waals surface area (Å²) in [5.74, 6) is 2.04. The van der Waals surface area contributed by atoms with E-state index in [4.69, 9.17) is 9.97 Å². The third kappa shape index (κ3) is 8.44. The van der Waals surface area contributed by atoms with E-state index in [1.54, 1.807) is 0 Å². The Hall–Kier alpha value is -5.84. The molecule has 60 heavy (non-hydrogen) atoms. The van der Waals surface area contributed by atoms with E-state index >= 15 is 0 Å². The van der Waals surface area contributed by atoms with Gasteiger partial charge in [0, 0.05) is 19.6 Å². The normalized spacial score (nSPS) is 19.0. The summed E-state index contributed by atoms with van der Waals surface area (Å²) in [6.45, 7) is 4.22. The zero-order valence-electron chi connectivity index (χ0n) is 34.9. The predicted molar refractivity (Wildman–Crippen MR) is 237 cm³/mol. The minimum Gasteiger partial charge on any atom is -0.340 e. The second-order valence-corrected chi connectivity index (χ2v) is 17.0. The molecular weight excluding hydrogens is 745 g/mol. The Morgan fingerprint density at radius 3 is 1.72 bits per heavy atom. The Morgan fingerprint density at radius 2 is 1.13 bits per heavy atom. The Labute approximate surface area is 353 Å². The van der Waals surface area contributed by atoms with Crippen molar-refractivity contribution in [3.63, 3.8) is 0 Å². The van der Waals surface area contributed by atoms with Crippen molar-refractivity contribution in [3.05, 3.63) is 144 Å². The quantitative estimate of drug-likeness (QED) is 0.128. The number of carbonyl (C=O) groups excluding carboxylic acids is 2. The fourth-order valence-corrected chi connectivity index (χ4v) is 9.62. The Bertz CT molecular complexity index is 2380. The Kier molecular flexibility index (Phi) is 11.7. The maximum Gasteiger partial charge on any atom is 0.245 e. The van der Waals surface area contributed by atoms with Crippen LogP contribution >= 0.6 is 0 Å². The van der Waals surface area contributed by atoms with Gasteiger partial charge in [-0.25, -0.2) is 9.97 Å². The van der Waals surface area contributed by atoms with Gasteiger partial charge in [-0.05, 0) is 105 Å².